The first-order valence-electron chi connectivity index (χ1n) is 7.07. The molecule has 1 aliphatic rings. The van der Waals surface area contributed by atoms with Crippen LogP contribution in [0.4, 0.5) is 5.69 Å². The maximum absolute atomic E-state index is 12.1. The predicted molar refractivity (Wildman–Crippen MR) is 89.0 cm³/mol. The van der Waals surface area contributed by atoms with Gasteiger partial charge in [0.15, 0.2) is 0 Å². The number of hydrogen-bond donors (Lipinski definition) is 1. The molecule has 1 aliphatic heterocycles. The van der Waals surface area contributed by atoms with Crippen molar-refractivity contribution in [3.63, 3.8) is 0 Å². The topological polar surface area (TPSA) is 55.6 Å². The number of rotatable bonds is 4. The van der Waals surface area contributed by atoms with Crippen molar-refractivity contribution in [1.82, 2.24) is 0 Å². The number of anilines is 1. The van der Waals surface area contributed by atoms with Gasteiger partial charge in [-0.15, -0.1) is 0 Å². The van der Waals surface area contributed by atoms with Crippen LogP contribution in [0.1, 0.15) is 31.7 Å². The molecule has 6 heteroatoms. The first-order chi connectivity index (χ1) is 10.0. The van der Waals surface area contributed by atoms with Gasteiger partial charge in [-0.2, -0.15) is 0 Å². The maximum Gasteiger partial charge on any atom is 0.328 e. The van der Waals surface area contributed by atoms with Crippen LogP contribution in [-0.2, 0) is 9.53 Å². The second kappa shape index (κ2) is 7.09. The summed E-state index contributed by atoms with van der Waals surface area (Å²) in [5.41, 5.74) is 7.16. The Morgan fingerprint density at radius 2 is 2.29 bits per heavy atom. The van der Waals surface area contributed by atoms with E-state index >= 15 is 0 Å². The Bertz CT molecular complexity index is 550. The van der Waals surface area contributed by atoms with E-state index in [4.69, 9.17) is 34.3 Å². The van der Waals surface area contributed by atoms with Gasteiger partial charge in [-0.3, -0.25) is 0 Å². The number of nitrogens with zero attached hydrogens (tertiary/aromatic N) is 1. The van der Waals surface area contributed by atoms with Crippen LogP contribution >= 0.6 is 23.8 Å². The lowest BCUT2D eigenvalue weighted by molar-refractivity contribution is -0.145. The Kier molecular flexibility index (Phi) is 5.42. The van der Waals surface area contributed by atoms with Gasteiger partial charge >= 0.3 is 5.97 Å². The molecule has 1 aromatic rings. The number of halogens is 1. The summed E-state index contributed by atoms with van der Waals surface area (Å²) >= 11 is 11.3. The summed E-state index contributed by atoms with van der Waals surface area (Å²) in [4.78, 5) is 14.5. The van der Waals surface area contributed by atoms with Crippen molar-refractivity contribution in [2.24, 2.45) is 5.73 Å². The van der Waals surface area contributed by atoms with Gasteiger partial charge in [0.25, 0.3) is 0 Å². The molecule has 21 heavy (non-hydrogen) atoms. The highest BCUT2D eigenvalue weighted by Gasteiger charge is 2.31. The third-order valence-corrected chi connectivity index (χ3v) is 4.14. The molecule has 0 saturated carbocycles. The molecule has 0 spiro atoms. The monoisotopic (exact) mass is 326 g/mol. The first kappa shape index (κ1) is 16.0. The summed E-state index contributed by atoms with van der Waals surface area (Å²) in [6, 6.07) is 5.18. The van der Waals surface area contributed by atoms with Gasteiger partial charge in [-0.05, 0) is 44.4 Å². The zero-order chi connectivity index (χ0) is 15.4. The van der Waals surface area contributed by atoms with Gasteiger partial charge in [0, 0.05) is 12.1 Å². The average Bonchev–Trinajstić information content (AvgIpc) is 2.47. The van der Waals surface area contributed by atoms with Gasteiger partial charge in [0.05, 0.1) is 17.3 Å². The van der Waals surface area contributed by atoms with E-state index in [1.807, 2.05) is 24.0 Å². The Morgan fingerprint density at radius 3 is 2.90 bits per heavy atom. The molecule has 2 N–H and O–H groups in total. The van der Waals surface area contributed by atoms with Crippen molar-refractivity contribution in [1.29, 1.82) is 0 Å². The number of hydrogen-bond acceptors (Lipinski definition) is 4. The SMILES string of the molecule is CCOC(=O)C1CCCCN1c1ccc(C(N)=S)cc1Cl. The van der Waals surface area contributed by atoms with E-state index in [1.54, 1.807) is 6.07 Å². The minimum atomic E-state index is -0.271. The normalized spacial score (nSPS) is 18.4. The van der Waals surface area contributed by atoms with Crippen LogP contribution in [-0.4, -0.2) is 30.2 Å². The Morgan fingerprint density at radius 1 is 1.52 bits per heavy atom. The Balaban J connectivity index is 2.29. The predicted octanol–water partition coefficient (Wildman–Crippen LogP) is 2.90. The molecule has 0 amide bonds. The van der Waals surface area contributed by atoms with Crippen LogP contribution in [0.3, 0.4) is 0 Å². The number of benzene rings is 1. The van der Waals surface area contributed by atoms with E-state index in [2.05, 4.69) is 0 Å². The minimum Gasteiger partial charge on any atom is -0.464 e. The summed E-state index contributed by atoms with van der Waals surface area (Å²) in [6.07, 6.45) is 2.83. The molecule has 0 radical (unpaired) electrons. The molecule has 2 rings (SSSR count). The molecule has 1 unspecified atom stereocenters. The molecule has 1 heterocycles. The molecule has 1 saturated heterocycles. The third kappa shape index (κ3) is 3.66. The van der Waals surface area contributed by atoms with Crippen molar-refractivity contribution < 1.29 is 9.53 Å². The smallest absolute Gasteiger partial charge is 0.328 e. The molecule has 0 bridgehead atoms. The highest BCUT2D eigenvalue weighted by Crippen LogP contribution is 2.32. The fourth-order valence-electron chi connectivity index (χ4n) is 2.60. The number of thiocarbonyl (C=S) groups is 1. The zero-order valence-corrected chi connectivity index (χ0v) is 13.5. The van der Waals surface area contributed by atoms with Gasteiger partial charge in [0.2, 0.25) is 0 Å². The van der Waals surface area contributed by atoms with Gasteiger partial charge in [-0.25, -0.2) is 4.79 Å². The van der Waals surface area contributed by atoms with Crippen molar-refractivity contribution in [2.75, 3.05) is 18.1 Å². The van der Waals surface area contributed by atoms with Crippen LogP contribution in [0.5, 0.6) is 0 Å². The van der Waals surface area contributed by atoms with Crippen LogP contribution in [0.2, 0.25) is 5.02 Å². The molecule has 0 aliphatic carbocycles. The Hall–Kier alpha value is -1.33. The molecule has 114 valence electrons. The first-order valence-corrected chi connectivity index (χ1v) is 7.86. The number of nitrogens with two attached hydrogens (primary N) is 1. The highest BCUT2D eigenvalue weighted by atomic mass is 35.5. The quantitative estimate of drug-likeness (QED) is 0.681. The van der Waals surface area contributed by atoms with Crippen LogP contribution in [0.25, 0.3) is 0 Å². The Labute approximate surface area is 135 Å². The van der Waals surface area contributed by atoms with E-state index in [1.165, 1.54) is 0 Å². The minimum absolute atomic E-state index is 0.188. The van der Waals surface area contributed by atoms with Gasteiger partial charge in [0.1, 0.15) is 11.0 Å². The van der Waals surface area contributed by atoms with Crippen molar-refractivity contribution in [2.45, 2.75) is 32.2 Å². The molecular formula is C15H19ClN2O2S. The summed E-state index contributed by atoms with van der Waals surface area (Å²) in [5, 5.41) is 0.552. The average molecular weight is 327 g/mol. The fraction of sp³-hybridized carbons (Fsp3) is 0.467. The summed E-state index contributed by atoms with van der Waals surface area (Å²) in [7, 11) is 0. The number of carbonyl (C=O) groups is 1. The molecular weight excluding hydrogens is 308 g/mol. The van der Waals surface area contributed by atoms with Crippen LogP contribution in [0.15, 0.2) is 18.2 Å². The second-order valence-electron chi connectivity index (χ2n) is 4.99. The number of esters is 1. The lowest BCUT2D eigenvalue weighted by atomic mass is 10.0. The van der Waals surface area contributed by atoms with E-state index in [9.17, 15) is 4.79 Å². The van der Waals surface area contributed by atoms with Gasteiger partial charge in [-0.1, -0.05) is 23.8 Å². The van der Waals surface area contributed by atoms with Gasteiger partial charge < -0.3 is 15.4 Å². The third-order valence-electron chi connectivity index (χ3n) is 3.60. The summed E-state index contributed by atoms with van der Waals surface area (Å²) < 4.78 is 5.17. The lowest BCUT2D eigenvalue weighted by Crippen LogP contribution is -2.45. The van der Waals surface area contributed by atoms with Crippen molar-refractivity contribution >= 4 is 40.5 Å². The zero-order valence-electron chi connectivity index (χ0n) is 12.0. The van der Waals surface area contributed by atoms with Crippen molar-refractivity contribution in [3.8, 4) is 0 Å². The standard InChI is InChI=1S/C15H19ClN2O2S/c1-2-20-15(19)13-5-3-4-8-18(13)12-7-6-10(14(17)21)9-11(12)16/h6-7,9,13H,2-5,8H2,1H3,(H2,17,21). The summed E-state index contributed by atoms with van der Waals surface area (Å²) in [6.45, 7) is 2.99. The molecule has 0 aromatic heterocycles. The van der Waals surface area contributed by atoms with E-state index in [0.717, 1.165) is 37.1 Å². The van der Waals surface area contributed by atoms with Crippen LogP contribution in [0, 0.1) is 0 Å². The van der Waals surface area contributed by atoms with Crippen LogP contribution < -0.4 is 10.6 Å². The number of ether oxygens (including phenoxy) is 1. The second-order valence-corrected chi connectivity index (χ2v) is 5.83. The van der Waals surface area contributed by atoms with Crippen molar-refractivity contribution in [3.05, 3.63) is 28.8 Å². The number of carbonyl (C=O) groups excluding carboxylic acids is 1. The number of piperidine rings is 1. The molecule has 4 nitrogen and oxygen atoms in total. The lowest BCUT2D eigenvalue weighted by Gasteiger charge is -2.36. The molecule has 1 aromatic carbocycles. The van der Waals surface area contributed by atoms with E-state index in [-0.39, 0.29) is 12.0 Å². The molecule has 1 fully saturated rings. The fourth-order valence-corrected chi connectivity index (χ4v) is 3.01. The molecule has 1 atom stereocenters. The largest absolute Gasteiger partial charge is 0.464 e. The summed E-state index contributed by atoms with van der Waals surface area (Å²) in [5.74, 6) is -0.188. The highest BCUT2D eigenvalue weighted by molar-refractivity contribution is 7.80. The van der Waals surface area contributed by atoms with E-state index < -0.39 is 0 Å². The van der Waals surface area contributed by atoms with E-state index in [0.29, 0.717) is 16.6 Å². The maximum atomic E-state index is 12.1.